The van der Waals surface area contributed by atoms with E-state index in [0.717, 1.165) is 25.3 Å². The second-order valence-corrected chi connectivity index (χ2v) is 4.78. The van der Waals surface area contributed by atoms with Crippen molar-refractivity contribution in [3.63, 3.8) is 0 Å². The van der Waals surface area contributed by atoms with Crippen LogP contribution in [0.3, 0.4) is 0 Å². The number of nitrogens with zero attached hydrogens (tertiary/aromatic N) is 3. The van der Waals surface area contributed by atoms with E-state index >= 15 is 0 Å². The topological polar surface area (TPSA) is 50.8 Å². The van der Waals surface area contributed by atoms with Crippen molar-refractivity contribution in [1.82, 2.24) is 4.90 Å². The zero-order valence-corrected chi connectivity index (χ0v) is 10.3. The molecule has 0 radical (unpaired) electrons. The van der Waals surface area contributed by atoms with E-state index in [-0.39, 0.29) is 5.92 Å². The van der Waals surface area contributed by atoms with Crippen LogP contribution in [0, 0.1) is 34.5 Å². The van der Waals surface area contributed by atoms with Crippen LogP contribution in [0.5, 0.6) is 0 Å². The van der Waals surface area contributed by atoms with Gasteiger partial charge >= 0.3 is 0 Å². The fraction of sp³-hybridized carbons (Fsp3) is 0.846. The minimum Gasteiger partial charge on any atom is -0.301 e. The maximum Gasteiger partial charge on any atom is 0.0672 e. The van der Waals surface area contributed by atoms with Crippen LogP contribution in [0.15, 0.2) is 0 Å². The summed E-state index contributed by atoms with van der Waals surface area (Å²) in [5.74, 6) is 0.922. The molecule has 3 heteroatoms. The third-order valence-corrected chi connectivity index (χ3v) is 3.81. The van der Waals surface area contributed by atoms with Crippen molar-refractivity contribution in [3.8, 4) is 12.1 Å². The Balaban J connectivity index is 2.58. The summed E-state index contributed by atoms with van der Waals surface area (Å²) in [5, 5.41) is 17.7. The molecule has 3 nitrogen and oxygen atoms in total. The van der Waals surface area contributed by atoms with Crippen molar-refractivity contribution in [1.29, 1.82) is 10.5 Å². The molecule has 0 bridgehead atoms. The molecule has 0 amide bonds. The van der Waals surface area contributed by atoms with E-state index in [9.17, 15) is 0 Å². The highest BCUT2D eigenvalue weighted by atomic mass is 15.1. The smallest absolute Gasteiger partial charge is 0.0672 e. The maximum atomic E-state index is 9.15. The van der Waals surface area contributed by atoms with Crippen LogP contribution < -0.4 is 0 Å². The first-order valence-electron chi connectivity index (χ1n) is 6.19. The molecule has 1 aliphatic carbocycles. The Morgan fingerprint density at radius 2 is 2.06 bits per heavy atom. The molecule has 88 valence electrons. The molecular formula is C13H21N3. The first-order chi connectivity index (χ1) is 7.72. The molecule has 1 fully saturated rings. The Morgan fingerprint density at radius 1 is 1.31 bits per heavy atom. The standard InChI is InChI=1S/C13H21N3/c1-3-11-5-6-12(10-15)13(9-11)16(2)8-4-7-14/h11-13H,3-6,8-9H2,1-2H3. The normalized spacial score (nSPS) is 29.7. The van der Waals surface area contributed by atoms with Crippen molar-refractivity contribution in [3.05, 3.63) is 0 Å². The van der Waals surface area contributed by atoms with Gasteiger partial charge < -0.3 is 4.90 Å². The monoisotopic (exact) mass is 219 g/mol. The van der Waals surface area contributed by atoms with Crippen LogP contribution >= 0.6 is 0 Å². The molecule has 3 atom stereocenters. The fourth-order valence-electron chi connectivity index (χ4n) is 2.63. The van der Waals surface area contributed by atoms with Crippen molar-refractivity contribution < 1.29 is 0 Å². The summed E-state index contributed by atoms with van der Waals surface area (Å²) in [6.45, 7) is 3.01. The quantitative estimate of drug-likeness (QED) is 0.730. The van der Waals surface area contributed by atoms with Gasteiger partial charge in [0.2, 0.25) is 0 Å². The van der Waals surface area contributed by atoms with E-state index in [1.165, 1.54) is 12.8 Å². The Labute approximate surface area is 98.7 Å². The molecule has 0 saturated heterocycles. The first-order valence-corrected chi connectivity index (χ1v) is 6.19. The van der Waals surface area contributed by atoms with Gasteiger partial charge in [0.25, 0.3) is 0 Å². The van der Waals surface area contributed by atoms with Gasteiger partial charge in [0, 0.05) is 19.0 Å². The van der Waals surface area contributed by atoms with Crippen molar-refractivity contribution in [2.24, 2.45) is 11.8 Å². The van der Waals surface area contributed by atoms with Gasteiger partial charge in [-0.15, -0.1) is 0 Å². The van der Waals surface area contributed by atoms with Crippen LogP contribution in [-0.2, 0) is 0 Å². The van der Waals surface area contributed by atoms with E-state index < -0.39 is 0 Å². The Bertz CT molecular complexity index is 287. The molecule has 0 aromatic rings. The van der Waals surface area contributed by atoms with E-state index in [1.807, 2.05) is 7.05 Å². The number of nitriles is 2. The molecule has 1 saturated carbocycles. The lowest BCUT2D eigenvalue weighted by Crippen LogP contribution is -2.42. The van der Waals surface area contributed by atoms with Crippen molar-refractivity contribution >= 4 is 0 Å². The summed E-state index contributed by atoms with van der Waals surface area (Å²) in [4.78, 5) is 2.21. The van der Waals surface area contributed by atoms with Gasteiger partial charge in [-0.25, -0.2) is 0 Å². The summed E-state index contributed by atoms with van der Waals surface area (Å²) >= 11 is 0. The van der Waals surface area contributed by atoms with Crippen LogP contribution in [0.25, 0.3) is 0 Å². The Kier molecular flexibility index (Phi) is 5.29. The molecule has 0 heterocycles. The molecule has 3 unspecified atom stereocenters. The summed E-state index contributed by atoms with van der Waals surface area (Å²) in [6, 6.07) is 4.96. The highest BCUT2D eigenvalue weighted by Crippen LogP contribution is 2.33. The number of rotatable bonds is 4. The van der Waals surface area contributed by atoms with Gasteiger partial charge in [-0.2, -0.15) is 10.5 Å². The van der Waals surface area contributed by atoms with Gasteiger partial charge in [-0.3, -0.25) is 0 Å². The zero-order chi connectivity index (χ0) is 12.0. The lowest BCUT2D eigenvalue weighted by molar-refractivity contribution is 0.126. The molecule has 0 N–H and O–H groups in total. The van der Waals surface area contributed by atoms with Crippen LogP contribution in [0.1, 0.15) is 39.0 Å². The van der Waals surface area contributed by atoms with Gasteiger partial charge in [0.15, 0.2) is 0 Å². The molecule has 0 aliphatic heterocycles. The molecule has 0 aromatic carbocycles. The Morgan fingerprint density at radius 3 is 2.62 bits per heavy atom. The van der Waals surface area contributed by atoms with Crippen LogP contribution in [0.4, 0.5) is 0 Å². The molecule has 1 rings (SSSR count). The van der Waals surface area contributed by atoms with E-state index in [2.05, 4.69) is 24.0 Å². The minimum atomic E-state index is 0.159. The van der Waals surface area contributed by atoms with Gasteiger partial charge in [0.05, 0.1) is 18.1 Å². The third kappa shape index (κ3) is 3.22. The summed E-state index contributed by atoms with van der Waals surface area (Å²) in [7, 11) is 2.05. The summed E-state index contributed by atoms with van der Waals surface area (Å²) in [6.07, 6.45) is 5.10. The highest BCUT2D eigenvalue weighted by molar-refractivity contribution is 4.97. The average Bonchev–Trinajstić information content (AvgIpc) is 2.35. The lowest BCUT2D eigenvalue weighted by Gasteiger charge is -2.38. The molecule has 16 heavy (non-hydrogen) atoms. The lowest BCUT2D eigenvalue weighted by atomic mass is 9.77. The third-order valence-electron chi connectivity index (χ3n) is 3.81. The van der Waals surface area contributed by atoms with Crippen LogP contribution in [-0.4, -0.2) is 24.5 Å². The van der Waals surface area contributed by atoms with Gasteiger partial charge in [-0.05, 0) is 32.2 Å². The zero-order valence-electron chi connectivity index (χ0n) is 10.3. The van der Waals surface area contributed by atoms with Crippen molar-refractivity contribution in [2.45, 2.75) is 45.1 Å². The average molecular weight is 219 g/mol. The second-order valence-electron chi connectivity index (χ2n) is 4.78. The largest absolute Gasteiger partial charge is 0.301 e. The first kappa shape index (κ1) is 13.0. The van der Waals surface area contributed by atoms with Gasteiger partial charge in [0.1, 0.15) is 0 Å². The van der Waals surface area contributed by atoms with E-state index in [0.29, 0.717) is 12.5 Å². The number of hydrogen-bond acceptors (Lipinski definition) is 3. The SMILES string of the molecule is CCC1CCC(C#N)C(N(C)CCC#N)C1. The Hall–Kier alpha value is -1.06. The highest BCUT2D eigenvalue weighted by Gasteiger charge is 2.32. The number of hydrogen-bond donors (Lipinski definition) is 0. The second kappa shape index (κ2) is 6.51. The predicted octanol–water partition coefficient (Wildman–Crippen LogP) is 2.55. The molecular weight excluding hydrogens is 198 g/mol. The van der Waals surface area contributed by atoms with E-state index in [4.69, 9.17) is 10.5 Å². The maximum absolute atomic E-state index is 9.15. The summed E-state index contributed by atoms with van der Waals surface area (Å²) in [5.41, 5.74) is 0. The van der Waals surface area contributed by atoms with Crippen molar-refractivity contribution in [2.75, 3.05) is 13.6 Å². The summed E-state index contributed by atoms with van der Waals surface area (Å²) < 4.78 is 0. The minimum absolute atomic E-state index is 0.159. The molecule has 1 aliphatic rings. The van der Waals surface area contributed by atoms with Crippen LogP contribution in [0.2, 0.25) is 0 Å². The van der Waals surface area contributed by atoms with E-state index in [1.54, 1.807) is 0 Å². The molecule has 0 aromatic heterocycles. The molecule has 0 spiro atoms. The fourth-order valence-corrected chi connectivity index (χ4v) is 2.63. The predicted molar refractivity (Wildman–Crippen MR) is 63.4 cm³/mol. The van der Waals surface area contributed by atoms with Gasteiger partial charge in [-0.1, -0.05) is 13.3 Å².